The molecule has 0 aliphatic rings. The van der Waals surface area contributed by atoms with E-state index in [0.717, 1.165) is 18.4 Å². The Bertz CT molecular complexity index is 951. The van der Waals surface area contributed by atoms with Crippen LogP contribution in [-0.4, -0.2) is 19.7 Å². The van der Waals surface area contributed by atoms with Gasteiger partial charge in [0.2, 0.25) is 0 Å². The molecule has 0 bridgehead atoms. The molecule has 3 nitrogen and oxygen atoms in total. The molecular weight excluding hydrogens is 340 g/mol. The third-order valence-corrected chi connectivity index (χ3v) is 5.25. The number of nitrogens with zero attached hydrogens (tertiary/aromatic N) is 1. The first-order chi connectivity index (χ1) is 10.9. The van der Waals surface area contributed by atoms with Crippen molar-refractivity contribution >= 4 is 21.2 Å². The molecule has 7 heteroatoms. The van der Waals surface area contributed by atoms with E-state index in [9.17, 15) is 17.2 Å². The average molecular weight is 351 g/mol. The number of halogens is 2. The molecule has 0 atom stereocenters. The highest BCUT2D eigenvalue weighted by molar-refractivity contribution is 7.90. The van der Waals surface area contributed by atoms with Gasteiger partial charge in [-0.2, -0.15) is 0 Å². The number of benzene rings is 2. The van der Waals surface area contributed by atoms with E-state index in [1.165, 1.54) is 23.5 Å². The third-order valence-electron chi connectivity index (χ3n) is 3.32. The van der Waals surface area contributed by atoms with Crippen molar-refractivity contribution in [3.8, 4) is 21.7 Å². The summed E-state index contributed by atoms with van der Waals surface area (Å²) in [4.78, 5) is 4.30. The third kappa shape index (κ3) is 3.16. The Morgan fingerprint density at radius 2 is 1.61 bits per heavy atom. The van der Waals surface area contributed by atoms with E-state index in [1.807, 2.05) is 0 Å². The molecule has 0 unspecified atom stereocenters. The number of hydrogen-bond donors (Lipinski definition) is 0. The molecule has 0 N–H and O–H groups in total. The van der Waals surface area contributed by atoms with Crippen LogP contribution in [0.3, 0.4) is 0 Å². The van der Waals surface area contributed by atoms with Crippen molar-refractivity contribution in [2.24, 2.45) is 0 Å². The lowest BCUT2D eigenvalue weighted by molar-refractivity contribution is 0.509. The maximum atomic E-state index is 13.7. The Hall–Kier alpha value is -2.12. The zero-order chi connectivity index (χ0) is 16.6. The summed E-state index contributed by atoms with van der Waals surface area (Å²) < 4.78 is 50.3. The van der Waals surface area contributed by atoms with Crippen molar-refractivity contribution in [2.45, 2.75) is 4.90 Å². The topological polar surface area (TPSA) is 47.0 Å². The molecule has 1 aromatic heterocycles. The van der Waals surface area contributed by atoms with E-state index in [0.29, 0.717) is 21.7 Å². The van der Waals surface area contributed by atoms with Gasteiger partial charge in [0.15, 0.2) is 21.5 Å². The van der Waals surface area contributed by atoms with E-state index in [4.69, 9.17) is 0 Å². The highest BCUT2D eigenvalue weighted by Crippen LogP contribution is 2.35. The van der Waals surface area contributed by atoms with Crippen molar-refractivity contribution in [3.05, 3.63) is 59.6 Å². The van der Waals surface area contributed by atoms with Gasteiger partial charge in [0.1, 0.15) is 5.01 Å². The molecule has 2 aromatic carbocycles. The molecule has 0 aliphatic heterocycles. The van der Waals surface area contributed by atoms with Crippen molar-refractivity contribution in [3.63, 3.8) is 0 Å². The van der Waals surface area contributed by atoms with Crippen LogP contribution in [0, 0.1) is 11.6 Å². The van der Waals surface area contributed by atoms with Crippen molar-refractivity contribution < 1.29 is 17.2 Å². The summed E-state index contributed by atoms with van der Waals surface area (Å²) in [5.74, 6) is -1.92. The largest absolute Gasteiger partial charge is 0.245 e. The van der Waals surface area contributed by atoms with Crippen LogP contribution in [0.5, 0.6) is 0 Å². The molecular formula is C16H11F2NO2S2. The van der Waals surface area contributed by atoms with E-state index in [-0.39, 0.29) is 4.90 Å². The van der Waals surface area contributed by atoms with Gasteiger partial charge in [-0.3, -0.25) is 0 Å². The molecule has 3 aromatic rings. The number of sulfone groups is 1. The molecule has 118 valence electrons. The molecule has 0 amide bonds. The molecule has 0 radical (unpaired) electrons. The molecule has 0 aliphatic carbocycles. The zero-order valence-corrected chi connectivity index (χ0v) is 13.6. The van der Waals surface area contributed by atoms with E-state index >= 15 is 0 Å². The Morgan fingerprint density at radius 3 is 2.13 bits per heavy atom. The minimum Gasteiger partial charge on any atom is -0.245 e. The number of rotatable bonds is 3. The fourth-order valence-electron chi connectivity index (χ4n) is 2.20. The zero-order valence-electron chi connectivity index (χ0n) is 12.0. The first-order valence-electron chi connectivity index (χ1n) is 6.55. The Morgan fingerprint density at radius 1 is 1.00 bits per heavy atom. The Kier molecular flexibility index (Phi) is 3.99. The molecule has 0 saturated heterocycles. The Balaban J connectivity index is 2.18. The van der Waals surface area contributed by atoms with E-state index < -0.39 is 21.5 Å². The van der Waals surface area contributed by atoms with Crippen LogP contribution in [0.2, 0.25) is 0 Å². The fourth-order valence-corrected chi connectivity index (χ4v) is 3.50. The van der Waals surface area contributed by atoms with E-state index in [1.54, 1.807) is 23.7 Å². The van der Waals surface area contributed by atoms with Crippen LogP contribution in [0.25, 0.3) is 21.7 Å². The maximum Gasteiger partial charge on any atom is 0.175 e. The highest BCUT2D eigenvalue weighted by Gasteiger charge is 2.15. The monoisotopic (exact) mass is 351 g/mol. The van der Waals surface area contributed by atoms with Gasteiger partial charge in [-0.25, -0.2) is 22.2 Å². The first kappa shape index (κ1) is 15.8. The lowest BCUT2D eigenvalue weighted by Crippen LogP contribution is -1.97. The van der Waals surface area contributed by atoms with Gasteiger partial charge in [0.05, 0.1) is 4.90 Å². The number of hydrogen-bond acceptors (Lipinski definition) is 4. The summed E-state index contributed by atoms with van der Waals surface area (Å²) in [6.07, 6.45) is 2.69. The highest BCUT2D eigenvalue weighted by atomic mass is 32.2. The quantitative estimate of drug-likeness (QED) is 0.712. The summed E-state index contributed by atoms with van der Waals surface area (Å²) in [6.45, 7) is 0. The molecule has 1 heterocycles. The standard InChI is InChI=1S/C16H11F2NO2S2/c1-23(20,21)11-4-2-10(3-5-11)12-8-14(17)15(18)9-13(12)16-19-6-7-22-16/h2-9H,1H3. The molecule has 0 spiro atoms. The van der Waals surface area contributed by atoms with E-state index in [2.05, 4.69) is 4.98 Å². The Labute approximate surface area is 136 Å². The number of aromatic nitrogens is 1. The van der Waals surface area contributed by atoms with Crippen LogP contribution in [0.1, 0.15) is 0 Å². The predicted octanol–water partition coefficient (Wildman–Crippen LogP) is 4.16. The fraction of sp³-hybridized carbons (Fsp3) is 0.0625. The second-order valence-corrected chi connectivity index (χ2v) is 7.86. The van der Waals surface area contributed by atoms with Gasteiger partial charge in [0, 0.05) is 23.4 Å². The minimum absolute atomic E-state index is 0.166. The van der Waals surface area contributed by atoms with Crippen LogP contribution >= 0.6 is 11.3 Å². The van der Waals surface area contributed by atoms with Gasteiger partial charge < -0.3 is 0 Å². The summed E-state index contributed by atoms with van der Waals surface area (Å²) in [7, 11) is -3.31. The van der Waals surface area contributed by atoms with Crippen molar-refractivity contribution in [1.82, 2.24) is 4.98 Å². The summed E-state index contributed by atoms with van der Waals surface area (Å²) in [5.41, 5.74) is 1.51. The predicted molar refractivity (Wildman–Crippen MR) is 86.0 cm³/mol. The smallest absolute Gasteiger partial charge is 0.175 e. The van der Waals surface area contributed by atoms with Gasteiger partial charge >= 0.3 is 0 Å². The van der Waals surface area contributed by atoms with Crippen LogP contribution in [0.15, 0.2) is 52.9 Å². The first-order valence-corrected chi connectivity index (χ1v) is 9.33. The summed E-state index contributed by atoms with van der Waals surface area (Å²) in [5, 5.41) is 2.30. The van der Waals surface area contributed by atoms with Crippen molar-refractivity contribution in [2.75, 3.05) is 6.26 Å². The van der Waals surface area contributed by atoms with Gasteiger partial charge in [0.25, 0.3) is 0 Å². The normalized spacial score (nSPS) is 11.6. The molecule has 3 rings (SSSR count). The SMILES string of the molecule is CS(=O)(=O)c1ccc(-c2cc(F)c(F)cc2-c2nccs2)cc1. The maximum absolute atomic E-state index is 13.7. The number of thiazole rings is 1. The van der Waals surface area contributed by atoms with Crippen molar-refractivity contribution in [1.29, 1.82) is 0 Å². The van der Waals surface area contributed by atoms with Crippen LogP contribution < -0.4 is 0 Å². The lowest BCUT2D eigenvalue weighted by atomic mass is 9.99. The van der Waals surface area contributed by atoms with Gasteiger partial charge in [-0.05, 0) is 35.4 Å². The van der Waals surface area contributed by atoms with Crippen LogP contribution in [-0.2, 0) is 9.84 Å². The second-order valence-electron chi connectivity index (χ2n) is 4.95. The summed E-state index contributed by atoms with van der Waals surface area (Å²) >= 11 is 1.31. The van der Waals surface area contributed by atoms with Gasteiger partial charge in [-0.15, -0.1) is 11.3 Å². The second kappa shape index (κ2) is 5.82. The van der Waals surface area contributed by atoms with Crippen LogP contribution in [0.4, 0.5) is 8.78 Å². The molecule has 0 fully saturated rings. The molecule has 23 heavy (non-hydrogen) atoms. The lowest BCUT2D eigenvalue weighted by Gasteiger charge is -2.09. The van der Waals surface area contributed by atoms with Gasteiger partial charge in [-0.1, -0.05) is 12.1 Å². The summed E-state index contributed by atoms with van der Waals surface area (Å²) in [6, 6.07) is 8.23. The average Bonchev–Trinajstić information content (AvgIpc) is 3.03. The molecule has 0 saturated carbocycles. The minimum atomic E-state index is -3.31.